The standard InChI is InChI=1S/C17H17NO4/c1-10-9-14(11(2)22-15(10)7-8-19)18-16(20)12-5-3-4-6-13(12)17(18)21/h3-6,8-9,11,14-15H,7H2,1-2H3/t11-,14-,15+/m1/s1. The zero-order valence-corrected chi connectivity index (χ0v) is 12.5. The minimum atomic E-state index is -0.449. The summed E-state index contributed by atoms with van der Waals surface area (Å²) in [6.45, 7) is 3.67. The number of benzene rings is 1. The van der Waals surface area contributed by atoms with E-state index in [1.54, 1.807) is 24.3 Å². The average molecular weight is 299 g/mol. The summed E-state index contributed by atoms with van der Waals surface area (Å²) in [5.41, 5.74) is 1.73. The molecule has 0 fully saturated rings. The number of imide groups is 1. The van der Waals surface area contributed by atoms with Gasteiger partial charge in [-0.3, -0.25) is 14.5 Å². The van der Waals surface area contributed by atoms with Gasteiger partial charge in [0.05, 0.1) is 29.4 Å². The Kier molecular flexibility index (Phi) is 3.66. The summed E-state index contributed by atoms with van der Waals surface area (Å²) in [6, 6.07) is 6.37. The first-order valence-electron chi connectivity index (χ1n) is 7.29. The molecule has 114 valence electrons. The molecular weight excluding hydrogens is 282 g/mol. The van der Waals surface area contributed by atoms with Gasteiger partial charge in [0.25, 0.3) is 11.8 Å². The third kappa shape index (κ3) is 2.18. The van der Waals surface area contributed by atoms with Crippen molar-refractivity contribution in [2.75, 3.05) is 0 Å². The Morgan fingerprint density at radius 2 is 1.77 bits per heavy atom. The minimum absolute atomic E-state index is 0.279. The van der Waals surface area contributed by atoms with Gasteiger partial charge in [0.15, 0.2) is 0 Å². The third-order valence-electron chi connectivity index (χ3n) is 4.24. The molecule has 0 radical (unpaired) electrons. The lowest BCUT2D eigenvalue weighted by Crippen LogP contribution is -2.49. The molecule has 0 spiro atoms. The van der Waals surface area contributed by atoms with Gasteiger partial charge in [0.2, 0.25) is 0 Å². The lowest BCUT2D eigenvalue weighted by molar-refractivity contribution is -0.111. The molecule has 0 bridgehead atoms. The Labute approximate surface area is 128 Å². The van der Waals surface area contributed by atoms with Crippen LogP contribution >= 0.6 is 0 Å². The van der Waals surface area contributed by atoms with Crippen molar-refractivity contribution < 1.29 is 19.1 Å². The summed E-state index contributed by atoms with van der Waals surface area (Å²) in [5.74, 6) is -0.585. The Hall–Kier alpha value is -2.27. The van der Waals surface area contributed by atoms with Crippen LogP contribution in [-0.4, -0.2) is 41.3 Å². The van der Waals surface area contributed by atoms with E-state index < -0.39 is 6.04 Å². The molecule has 0 saturated carbocycles. The molecule has 0 N–H and O–H groups in total. The van der Waals surface area contributed by atoms with Gasteiger partial charge in [-0.15, -0.1) is 0 Å². The molecule has 5 heteroatoms. The lowest BCUT2D eigenvalue weighted by Gasteiger charge is -2.36. The van der Waals surface area contributed by atoms with Crippen LogP contribution in [0.15, 0.2) is 35.9 Å². The highest BCUT2D eigenvalue weighted by Gasteiger charge is 2.43. The van der Waals surface area contributed by atoms with Gasteiger partial charge in [0.1, 0.15) is 6.29 Å². The van der Waals surface area contributed by atoms with Gasteiger partial charge >= 0.3 is 0 Å². The fraction of sp³-hybridized carbons (Fsp3) is 0.353. The SMILES string of the molecule is CC1=C[C@@H](N2C(=O)c3ccccc3C2=O)[C@@H](C)O[C@H]1CC=O. The van der Waals surface area contributed by atoms with Crippen molar-refractivity contribution in [2.45, 2.75) is 38.5 Å². The highest BCUT2D eigenvalue weighted by atomic mass is 16.5. The third-order valence-corrected chi connectivity index (χ3v) is 4.24. The maximum absolute atomic E-state index is 12.5. The molecule has 2 aliphatic heterocycles. The Balaban J connectivity index is 1.94. The maximum Gasteiger partial charge on any atom is 0.262 e. The number of carbonyl (C=O) groups excluding carboxylic acids is 3. The maximum atomic E-state index is 12.5. The summed E-state index contributed by atoms with van der Waals surface area (Å²) in [7, 11) is 0. The quantitative estimate of drug-likeness (QED) is 0.486. The number of hydrogen-bond donors (Lipinski definition) is 0. The number of amides is 2. The van der Waals surface area contributed by atoms with E-state index in [1.165, 1.54) is 4.90 Å². The number of aldehydes is 1. The minimum Gasteiger partial charge on any atom is -0.368 e. The van der Waals surface area contributed by atoms with Crippen molar-refractivity contribution in [1.29, 1.82) is 0 Å². The molecule has 1 aromatic rings. The number of fused-ring (bicyclic) bond motifs is 1. The van der Waals surface area contributed by atoms with E-state index in [-0.39, 0.29) is 30.4 Å². The number of ether oxygens (including phenoxy) is 1. The zero-order valence-electron chi connectivity index (χ0n) is 12.5. The number of rotatable bonds is 3. The van der Waals surface area contributed by atoms with Crippen molar-refractivity contribution in [3.05, 3.63) is 47.0 Å². The highest BCUT2D eigenvalue weighted by molar-refractivity contribution is 6.21. The number of carbonyl (C=O) groups is 3. The van der Waals surface area contributed by atoms with E-state index in [2.05, 4.69) is 0 Å². The van der Waals surface area contributed by atoms with Crippen LogP contribution in [0.25, 0.3) is 0 Å². The van der Waals surface area contributed by atoms with Crippen molar-refractivity contribution in [2.24, 2.45) is 0 Å². The van der Waals surface area contributed by atoms with E-state index >= 15 is 0 Å². The van der Waals surface area contributed by atoms with Crippen molar-refractivity contribution in [1.82, 2.24) is 4.90 Å². The van der Waals surface area contributed by atoms with Crippen LogP contribution in [0.2, 0.25) is 0 Å². The predicted octanol–water partition coefficient (Wildman–Crippen LogP) is 1.97. The van der Waals surface area contributed by atoms with Crippen LogP contribution in [0.3, 0.4) is 0 Å². The molecule has 2 amide bonds. The van der Waals surface area contributed by atoms with Crippen LogP contribution in [0.4, 0.5) is 0 Å². The largest absolute Gasteiger partial charge is 0.368 e. The Morgan fingerprint density at radius 3 is 2.32 bits per heavy atom. The van der Waals surface area contributed by atoms with Crippen LogP contribution in [0.5, 0.6) is 0 Å². The van der Waals surface area contributed by atoms with Crippen molar-refractivity contribution in [3.63, 3.8) is 0 Å². The van der Waals surface area contributed by atoms with E-state index in [1.807, 2.05) is 19.9 Å². The first-order chi connectivity index (χ1) is 10.5. The Bertz CT molecular complexity index is 644. The second-order valence-corrected chi connectivity index (χ2v) is 5.66. The molecule has 1 aromatic carbocycles. The van der Waals surface area contributed by atoms with Crippen LogP contribution in [0, 0.1) is 0 Å². The van der Waals surface area contributed by atoms with Crippen molar-refractivity contribution in [3.8, 4) is 0 Å². The fourth-order valence-electron chi connectivity index (χ4n) is 3.05. The number of hydrogen-bond acceptors (Lipinski definition) is 4. The molecule has 5 nitrogen and oxygen atoms in total. The Morgan fingerprint density at radius 1 is 1.18 bits per heavy atom. The summed E-state index contributed by atoms with van der Waals surface area (Å²) in [5, 5.41) is 0. The highest BCUT2D eigenvalue weighted by Crippen LogP contribution is 2.31. The summed E-state index contributed by atoms with van der Waals surface area (Å²) in [6.07, 6.45) is 2.33. The van der Waals surface area contributed by atoms with Crippen LogP contribution < -0.4 is 0 Å². The first kappa shape index (κ1) is 14.7. The van der Waals surface area contributed by atoms with E-state index in [0.717, 1.165) is 11.9 Å². The van der Waals surface area contributed by atoms with Crippen LogP contribution in [-0.2, 0) is 9.53 Å². The average Bonchev–Trinajstić information content (AvgIpc) is 2.76. The topological polar surface area (TPSA) is 63.7 Å². The van der Waals surface area contributed by atoms with Crippen LogP contribution in [0.1, 0.15) is 41.0 Å². The predicted molar refractivity (Wildman–Crippen MR) is 79.5 cm³/mol. The van der Waals surface area contributed by atoms with Gasteiger partial charge in [-0.05, 0) is 31.6 Å². The molecule has 0 aromatic heterocycles. The fourth-order valence-corrected chi connectivity index (χ4v) is 3.05. The van der Waals surface area contributed by atoms with E-state index in [4.69, 9.17) is 4.74 Å². The zero-order chi connectivity index (χ0) is 15.9. The van der Waals surface area contributed by atoms with Gasteiger partial charge in [-0.1, -0.05) is 18.2 Å². The summed E-state index contributed by atoms with van der Waals surface area (Å²) >= 11 is 0. The summed E-state index contributed by atoms with van der Waals surface area (Å²) in [4.78, 5) is 37.0. The molecule has 2 heterocycles. The molecule has 0 unspecified atom stereocenters. The second-order valence-electron chi connectivity index (χ2n) is 5.66. The van der Waals surface area contributed by atoms with Crippen molar-refractivity contribution >= 4 is 18.1 Å². The monoisotopic (exact) mass is 299 g/mol. The van der Waals surface area contributed by atoms with Gasteiger partial charge in [0, 0.05) is 6.42 Å². The molecule has 0 saturated heterocycles. The molecule has 2 aliphatic rings. The lowest BCUT2D eigenvalue weighted by atomic mass is 9.98. The second kappa shape index (κ2) is 5.50. The van der Waals surface area contributed by atoms with Gasteiger partial charge in [-0.25, -0.2) is 0 Å². The molecule has 3 rings (SSSR count). The normalized spacial score (nSPS) is 27.6. The van der Waals surface area contributed by atoms with E-state index in [0.29, 0.717) is 11.1 Å². The molecule has 3 atom stereocenters. The molecule has 0 aliphatic carbocycles. The summed E-state index contributed by atoms with van der Waals surface area (Å²) < 4.78 is 5.81. The number of nitrogens with zero attached hydrogens (tertiary/aromatic N) is 1. The molecular formula is C17H17NO4. The molecule has 22 heavy (non-hydrogen) atoms. The first-order valence-corrected chi connectivity index (χ1v) is 7.29. The van der Waals surface area contributed by atoms with E-state index in [9.17, 15) is 14.4 Å². The van der Waals surface area contributed by atoms with Gasteiger partial charge < -0.3 is 9.53 Å². The smallest absolute Gasteiger partial charge is 0.262 e. The van der Waals surface area contributed by atoms with Gasteiger partial charge in [-0.2, -0.15) is 0 Å².